The molecular weight excluding hydrogens is 210 g/mol. The van der Waals surface area contributed by atoms with Gasteiger partial charge in [-0.2, -0.15) is 0 Å². The van der Waals surface area contributed by atoms with E-state index in [4.69, 9.17) is 0 Å². The van der Waals surface area contributed by atoms with Gasteiger partial charge in [-0.1, -0.05) is 18.2 Å². The van der Waals surface area contributed by atoms with Crippen molar-refractivity contribution >= 4 is 10.9 Å². The standard InChI is InChI=1S/C14H19N3/c15-12-5-7-17(8-6-12)10-11-9-16-14-4-2-1-3-13(11)14/h1-4,9,12,16H,5-8,10,15H2/p+2. The Morgan fingerprint density at radius 1 is 1.24 bits per heavy atom. The number of aromatic amines is 1. The Labute approximate surface area is 102 Å². The van der Waals surface area contributed by atoms with Crippen LogP contribution in [-0.4, -0.2) is 24.1 Å². The van der Waals surface area contributed by atoms with Crippen molar-refractivity contribution in [3.63, 3.8) is 0 Å². The number of hydrogen-bond acceptors (Lipinski definition) is 0. The molecule has 2 heterocycles. The first-order chi connectivity index (χ1) is 8.33. The summed E-state index contributed by atoms with van der Waals surface area (Å²) in [5, 5.41) is 1.39. The Morgan fingerprint density at radius 3 is 2.82 bits per heavy atom. The second kappa shape index (κ2) is 4.51. The van der Waals surface area contributed by atoms with Crippen LogP contribution in [0, 0.1) is 0 Å². The molecule has 0 amide bonds. The van der Waals surface area contributed by atoms with Crippen molar-refractivity contribution in [3.8, 4) is 0 Å². The lowest BCUT2D eigenvalue weighted by Crippen LogP contribution is -3.12. The maximum Gasteiger partial charge on any atom is 0.105 e. The van der Waals surface area contributed by atoms with Gasteiger partial charge >= 0.3 is 0 Å². The number of likely N-dealkylation sites (tertiary alicyclic amines) is 1. The van der Waals surface area contributed by atoms with Crippen LogP contribution in [-0.2, 0) is 6.54 Å². The molecule has 0 atom stereocenters. The zero-order valence-corrected chi connectivity index (χ0v) is 10.2. The summed E-state index contributed by atoms with van der Waals surface area (Å²) >= 11 is 0. The maximum absolute atomic E-state index is 4.16. The van der Waals surface area contributed by atoms with Gasteiger partial charge in [-0.15, -0.1) is 0 Å². The second-order valence-corrected chi connectivity index (χ2v) is 5.23. The average molecular weight is 231 g/mol. The van der Waals surface area contributed by atoms with Gasteiger partial charge in [0.05, 0.1) is 19.1 Å². The number of rotatable bonds is 2. The Hall–Kier alpha value is -1.32. The summed E-state index contributed by atoms with van der Waals surface area (Å²) in [5.41, 5.74) is 6.87. The van der Waals surface area contributed by atoms with Crippen molar-refractivity contribution in [1.82, 2.24) is 4.98 Å². The minimum absolute atomic E-state index is 0.682. The lowest BCUT2D eigenvalue weighted by molar-refractivity contribution is -0.922. The van der Waals surface area contributed by atoms with Crippen molar-refractivity contribution in [2.24, 2.45) is 0 Å². The smallest absolute Gasteiger partial charge is 0.105 e. The van der Waals surface area contributed by atoms with Gasteiger partial charge < -0.3 is 15.6 Å². The van der Waals surface area contributed by atoms with Crippen LogP contribution in [0.3, 0.4) is 0 Å². The molecule has 0 radical (unpaired) electrons. The number of piperidine rings is 1. The van der Waals surface area contributed by atoms with E-state index in [2.05, 4.69) is 41.2 Å². The van der Waals surface area contributed by atoms with Gasteiger partial charge in [-0.3, -0.25) is 0 Å². The molecule has 2 aromatic rings. The predicted octanol–water partition coefficient (Wildman–Crippen LogP) is -0.0429. The molecule has 1 aromatic heterocycles. The third-order valence-corrected chi connectivity index (χ3v) is 3.93. The van der Waals surface area contributed by atoms with Crippen LogP contribution < -0.4 is 10.6 Å². The molecule has 1 fully saturated rings. The first-order valence-electron chi connectivity index (χ1n) is 6.54. The molecule has 3 nitrogen and oxygen atoms in total. The lowest BCUT2D eigenvalue weighted by atomic mass is 10.1. The van der Waals surface area contributed by atoms with Crippen LogP contribution in [0.25, 0.3) is 10.9 Å². The molecule has 1 aromatic carbocycles. The van der Waals surface area contributed by atoms with E-state index >= 15 is 0 Å². The molecule has 0 unspecified atom stereocenters. The normalized spacial score (nSPS) is 25.2. The number of fused-ring (bicyclic) bond motifs is 1. The summed E-state index contributed by atoms with van der Waals surface area (Å²) in [7, 11) is 0. The van der Waals surface area contributed by atoms with Crippen molar-refractivity contribution in [1.29, 1.82) is 0 Å². The highest BCUT2D eigenvalue weighted by atomic mass is 15.1. The summed E-state index contributed by atoms with van der Waals surface area (Å²) in [6, 6.07) is 9.26. The van der Waals surface area contributed by atoms with E-state index in [0.29, 0.717) is 6.04 Å². The van der Waals surface area contributed by atoms with Gasteiger partial charge in [0, 0.05) is 35.5 Å². The number of para-hydroxylation sites is 1. The van der Waals surface area contributed by atoms with Crippen molar-refractivity contribution < 1.29 is 10.6 Å². The molecule has 17 heavy (non-hydrogen) atoms. The fraction of sp³-hybridized carbons (Fsp3) is 0.429. The molecular formula is C14H21N3+2. The number of hydrogen-bond donors (Lipinski definition) is 3. The molecule has 5 N–H and O–H groups in total. The summed E-state index contributed by atoms with van der Waals surface area (Å²) in [6.45, 7) is 3.69. The van der Waals surface area contributed by atoms with E-state index in [1.807, 2.05) is 0 Å². The highest BCUT2D eigenvalue weighted by molar-refractivity contribution is 5.82. The number of aromatic nitrogens is 1. The van der Waals surface area contributed by atoms with Gasteiger partial charge in [0.1, 0.15) is 6.54 Å². The maximum atomic E-state index is 4.16. The molecule has 0 saturated carbocycles. The van der Waals surface area contributed by atoms with E-state index < -0.39 is 0 Å². The third kappa shape index (κ3) is 2.21. The quantitative estimate of drug-likeness (QED) is 0.649. The number of H-pyrrole nitrogens is 1. The molecule has 1 aliphatic heterocycles. The van der Waals surface area contributed by atoms with E-state index in [1.54, 1.807) is 4.90 Å². The zero-order chi connectivity index (χ0) is 11.7. The van der Waals surface area contributed by atoms with Crippen LogP contribution in [0.2, 0.25) is 0 Å². The summed E-state index contributed by atoms with van der Waals surface area (Å²) in [5.74, 6) is 0. The number of nitrogens with one attached hydrogen (secondary N) is 2. The van der Waals surface area contributed by atoms with Gasteiger partial charge in [0.2, 0.25) is 0 Å². The van der Waals surface area contributed by atoms with E-state index in [-0.39, 0.29) is 0 Å². The van der Waals surface area contributed by atoms with Crippen LogP contribution in [0.1, 0.15) is 18.4 Å². The topological polar surface area (TPSA) is 47.9 Å². The Bertz CT molecular complexity index is 495. The first kappa shape index (κ1) is 10.8. The largest absolute Gasteiger partial charge is 0.361 e. The molecule has 1 aliphatic rings. The summed E-state index contributed by atoms with van der Waals surface area (Å²) in [4.78, 5) is 5.06. The Morgan fingerprint density at radius 2 is 2.00 bits per heavy atom. The zero-order valence-electron chi connectivity index (χ0n) is 10.2. The lowest BCUT2D eigenvalue weighted by Gasteiger charge is -2.25. The molecule has 90 valence electrons. The fourth-order valence-corrected chi connectivity index (χ4v) is 2.81. The molecule has 1 saturated heterocycles. The minimum atomic E-state index is 0.682. The van der Waals surface area contributed by atoms with Gasteiger partial charge in [-0.05, 0) is 6.07 Å². The molecule has 3 heteroatoms. The van der Waals surface area contributed by atoms with Crippen molar-refractivity contribution in [2.75, 3.05) is 13.1 Å². The molecule has 0 spiro atoms. The van der Waals surface area contributed by atoms with Gasteiger partial charge in [-0.25, -0.2) is 0 Å². The second-order valence-electron chi connectivity index (χ2n) is 5.23. The van der Waals surface area contributed by atoms with Crippen LogP contribution in [0.4, 0.5) is 0 Å². The van der Waals surface area contributed by atoms with Gasteiger partial charge in [0.15, 0.2) is 0 Å². The predicted molar refractivity (Wildman–Crippen MR) is 68.6 cm³/mol. The molecule has 3 rings (SSSR count). The monoisotopic (exact) mass is 231 g/mol. The van der Waals surface area contributed by atoms with Crippen molar-refractivity contribution in [2.45, 2.75) is 25.4 Å². The highest BCUT2D eigenvalue weighted by Crippen LogP contribution is 2.16. The van der Waals surface area contributed by atoms with Crippen LogP contribution >= 0.6 is 0 Å². The third-order valence-electron chi connectivity index (χ3n) is 3.93. The number of benzene rings is 1. The van der Waals surface area contributed by atoms with Crippen LogP contribution in [0.15, 0.2) is 30.5 Å². The number of quaternary nitrogens is 2. The van der Waals surface area contributed by atoms with Gasteiger partial charge in [0.25, 0.3) is 0 Å². The molecule has 0 bridgehead atoms. The van der Waals surface area contributed by atoms with Crippen LogP contribution in [0.5, 0.6) is 0 Å². The first-order valence-corrected chi connectivity index (χ1v) is 6.54. The average Bonchev–Trinajstić information content (AvgIpc) is 2.76. The summed E-state index contributed by atoms with van der Waals surface area (Å²) < 4.78 is 0. The minimum Gasteiger partial charge on any atom is -0.361 e. The fourth-order valence-electron chi connectivity index (χ4n) is 2.81. The summed E-state index contributed by atoms with van der Waals surface area (Å²) in [6.07, 6.45) is 4.73. The van der Waals surface area contributed by atoms with Crippen molar-refractivity contribution in [3.05, 3.63) is 36.0 Å². The molecule has 0 aliphatic carbocycles. The SMILES string of the molecule is [NH3+]C1CC[NH+](Cc2c[nH]c3ccccc23)CC1. The van der Waals surface area contributed by atoms with E-state index in [9.17, 15) is 0 Å². The van der Waals surface area contributed by atoms with E-state index in [1.165, 1.54) is 42.4 Å². The highest BCUT2D eigenvalue weighted by Gasteiger charge is 2.22. The van der Waals surface area contributed by atoms with E-state index in [0.717, 1.165) is 6.54 Å². The Kier molecular flexibility index (Phi) is 2.87. The Balaban J connectivity index is 1.76.